The lowest BCUT2D eigenvalue weighted by molar-refractivity contribution is -0.128. The van der Waals surface area contributed by atoms with Gasteiger partial charge in [-0.15, -0.1) is 0 Å². The smallest absolute Gasteiger partial charge is 0.390 e. The van der Waals surface area contributed by atoms with Crippen LogP contribution in [0.3, 0.4) is 0 Å². The first-order valence-electron chi connectivity index (χ1n) is 6.30. The van der Waals surface area contributed by atoms with Crippen molar-refractivity contribution in [3.63, 3.8) is 0 Å². The van der Waals surface area contributed by atoms with Crippen LogP contribution in [-0.2, 0) is 9.53 Å². The summed E-state index contributed by atoms with van der Waals surface area (Å²) in [6.07, 6.45) is 0. The van der Waals surface area contributed by atoms with Crippen LogP contribution in [0.4, 0.5) is 0 Å². The molecule has 0 aliphatic rings. The van der Waals surface area contributed by atoms with Crippen LogP contribution in [0.2, 0.25) is 0 Å². The van der Waals surface area contributed by atoms with E-state index in [-0.39, 0.29) is 17.1 Å². The van der Waals surface area contributed by atoms with Gasteiger partial charge >= 0.3 is 11.9 Å². The van der Waals surface area contributed by atoms with Crippen LogP contribution in [0.15, 0.2) is 48.5 Å². The Balaban J connectivity index is 2.08. The quantitative estimate of drug-likeness (QED) is 0.522. The molecule has 0 aromatic heterocycles. The molecule has 0 saturated heterocycles. The molecule has 22 heavy (non-hydrogen) atoms. The van der Waals surface area contributed by atoms with Crippen molar-refractivity contribution in [3.8, 4) is 23.3 Å². The minimum atomic E-state index is -0.769. The van der Waals surface area contributed by atoms with E-state index in [4.69, 9.17) is 4.74 Å². The summed E-state index contributed by atoms with van der Waals surface area (Å²) < 4.78 is 9.46. The standard InChI is InChI=1S/C17H12O5/c1-21-17(20)14-9-8-13(11-15(14)18)22-16(19)10-7-12-5-3-2-4-6-12/h2-6,8-9,11,18H,1H3. The first kappa shape index (κ1) is 15.1. The molecule has 5 nitrogen and oxygen atoms in total. The average Bonchev–Trinajstić information content (AvgIpc) is 2.53. The molecule has 0 spiro atoms. The Labute approximate surface area is 127 Å². The van der Waals surface area contributed by atoms with Gasteiger partial charge in [0.2, 0.25) is 0 Å². The molecule has 0 heterocycles. The normalized spacial score (nSPS) is 9.32. The van der Waals surface area contributed by atoms with E-state index in [1.165, 1.54) is 19.2 Å². The number of benzene rings is 2. The zero-order chi connectivity index (χ0) is 15.9. The lowest BCUT2D eigenvalue weighted by atomic mass is 10.2. The molecule has 0 aliphatic heterocycles. The molecular weight excluding hydrogens is 284 g/mol. The number of rotatable bonds is 2. The SMILES string of the molecule is COC(=O)c1ccc(OC(=O)C#Cc2ccccc2)cc1O. The maximum Gasteiger partial charge on any atom is 0.390 e. The number of phenols is 1. The van der Waals surface area contributed by atoms with Crippen LogP contribution in [0, 0.1) is 11.8 Å². The summed E-state index contributed by atoms with van der Waals surface area (Å²) in [4.78, 5) is 22.9. The highest BCUT2D eigenvalue weighted by Gasteiger charge is 2.13. The van der Waals surface area contributed by atoms with Crippen LogP contribution < -0.4 is 4.74 Å². The molecule has 1 N–H and O–H groups in total. The molecule has 0 unspecified atom stereocenters. The molecular formula is C17H12O5. The zero-order valence-corrected chi connectivity index (χ0v) is 11.7. The van der Waals surface area contributed by atoms with Gasteiger partial charge in [0.05, 0.1) is 7.11 Å². The van der Waals surface area contributed by atoms with Crippen LogP contribution in [0.1, 0.15) is 15.9 Å². The van der Waals surface area contributed by atoms with E-state index in [0.717, 1.165) is 6.07 Å². The van der Waals surface area contributed by atoms with E-state index in [0.29, 0.717) is 5.56 Å². The monoisotopic (exact) mass is 296 g/mol. The van der Waals surface area contributed by atoms with Crippen molar-refractivity contribution in [2.75, 3.05) is 7.11 Å². The highest BCUT2D eigenvalue weighted by Crippen LogP contribution is 2.24. The van der Waals surface area contributed by atoms with Crippen LogP contribution in [0.5, 0.6) is 11.5 Å². The molecule has 0 saturated carbocycles. The second kappa shape index (κ2) is 6.95. The number of aromatic hydroxyl groups is 1. The topological polar surface area (TPSA) is 72.8 Å². The number of carbonyl (C=O) groups excluding carboxylic acids is 2. The highest BCUT2D eigenvalue weighted by molar-refractivity contribution is 5.93. The fourth-order valence-corrected chi connectivity index (χ4v) is 1.63. The Kier molecular flexibility index (Phi) is 4.78. The summed E-state index contributed by atoms with van der Waals surface area (Å²) in [6, 6.07) is 12.8. The third kappa shape index (κ3) is 3.87. The van der Waals surface area contributed by atoms with E-state index in [9.17, 15) is 14.7 Å². The first-order chi connectivity index (χ1) is 10.6. The number of hydrogen-bond donors (Lipinski definition) is 1. The molecule has 0 amide bonds. The summed E-state index contributed by atoms with van der Waals surface area (Å²) in [5, 5.41) is 9.69. The predicted octanol–water partition coefficient (Wildman–Crippen LogP) is 2.14. The Morgan fingerprint density at radius 3 is 2.45 bits per heavy atom. The van der Waals surface area contributed by atoms with Gasteiger partial charge in [0, 0.05) is 17.6 Å². The summed E-state index contributed by atoms with van der Waals surface area (Å²) in [7, 11) is 1.20. The van der Waals surface area contributed by atoms with Gasteiger partial charge in [-0.3, -0.25) is 0 Å². The second-order valence-corrected chi connectivity index (χ2v) is 4.18. The predicted molar refractivity (Wildman–Crippen MR) is 78.4 cm³/mol. The number of hydrogen-bond acceptors (Lipinski definition) is 5. The molecule has 2 aromatic rings. The van der Waals surface area contributed by atoms with Crippen molar-refractivity contribution in [1.29, 1.82) is 0 Å². The van der Waals surface area contributed by atoms with Crippen LogP contribution >= 0.6 is 0 Å². The first-order valence-corrected chi connectivity index (χ1v) is 6.30. The number of phenolic OH excluding ortho intramolecular Hbond substituents is 1. The molecule has 110 valence electrons. The van der Waals surface area contributed by atoms with Gasteiger partial charge in [-0.2, -0.15) is 0 Å². The Bertz CT molecular complexity index is 754. The van der Waals surface area contributed by atoms with E-state index < -0.39 is 11.9 Å². The fraction of sp³-hybridized carbons (Fsp3) is 0.0588. The molecule has 0 bridgehead atoms. The van der Waals surface area contributed by atoms with Crippen LogP contribution in [-0.4, -0.2) is 24.2 Å². The van der Waals surface area contributed by atoms with Gasteiger partial charge in [-0.25, -0.2) is 9.59 Å². The lowest BCUT2D eigenvalue weighted by Gasteiger charge is -2.04. The molecule has 2 rings (SSSR count). The van der Waals surface area contributed by atoms with Gasteiger partial charge in [-0.1, -0.05) is 24.1 Å². The van der Waals surface area contributed by atoms with Gasteiger partial charge in [0.1, 0.15) is 17.1 Å². The van der Waals surface area contributed by atoms with Crippen molar-refractivity contribution >= 4 is 11.9 Å². The fourth-order valence-electron chi connectivity index (χ4n) is 1.63. The Morgan fingerprint density at radius 1 is 1.09 bits per heavy atom. The van der Waals surface area contributed by atoms with E-state index >= 15 is 0 Å². The molecule has 2 aromatic carbocycles. The lowest BCUT2D eigenvalue weighted by Crippen LogP contribution is -2.06. The van der Waals surface area contributed by atoms with Gasteiger partial charge in [-0.05, 0) is 24.3 Å². The van der Waals surface area contributed by atoms with Gasteiger partial charge in [0.25, 0.3) is 0 Å². The van der Waals surface area contributed by atoms with E-state index in [1.54, 1.807) is 24.3 Å². The number of carbonyl (C=O) groups is 2. The number of methoxy groups -OCH3 is 1. The van der Waals surface area contributed by atoms with Crippen molar-refractivity contribution in [2.24, 2.45) is 0 Å². The second-order valence-electron chi connectivity index (χ2n) is 4.18. The molecule has 0 atom stereocenters. The summed E-state index contributed by atoms with van der Waals surface area (Å²) in [6.45, 7) is 0. The highest BCUT2D eigenvalue weighted by atomic mass is 16.5. The minimum Gasteiger partial charge on any atom is -0.507 e. The molecule has 0 aliphatic carbocycles. The maximum atomic E-state index is 11.6. The van der Waals surface area contributed by atoms with E-state index in [2.05, 4.69) is 16.6 Å². The van der Waals surface area contributed by atoms with Crippen LogP contribution in [0.25, 0.3) is 0 Å². The minimum absolute atomic E-state index is 0.0160. The average molecular weight is 296 g/mol. The third-order valence-corrected chi connectivity index (χ3v) is 2.67. The maximum absolute atomic E-state index is 11.6. The molecule has 0 fully saturated rings. The summed E-state index contributed by atoms with van der Waals surface area (Å²) >= 11 is 0. The van der Waals surface area contributed by atoms with Crippen molar-refractivity contribution in [1.82, 2.24) is 0 Å². The number of esters is 2. The van der Waals surface area contributed by atoms with Gasteiger partial charge < -0.3 is 14.6 Å². The Morgan fingerprint density at radius 2 is 1.82 bits per heavy atom. The largest absolute Gasteiger partial charge is 0.507 e. The molecule has 0 radical (unpaired) electrons. The molecule has 5 heteroatoms. The Hall–Kier alpha value is -3.26. The van der Waals surface area contributed by atoms with Crippen molar-refractivity contribution in [3.05, 3.63) is 59.7 Å². The summed E-state index contributed by atoms with van der Waals surface area (Å²) in [5.74, 6) is 3.28. The zero-order valence-electron chi connectivity index (χ0n) is 11.7. The van der Waals surface area contributed by atoms with Gasteiger partial charge in [0.15, 0.2) is 0 Å². The van der Waals surface area contributed by atoms with Crippen molar-refractivity contribution < 1.29 is 24.2 Å². The third-order valence-electron chi connectivity index (χ3n) is 2.67. The van der Waals surface area contributed by atoms with Crippen molar-refractivity contribution in [2.45, 2.75) is 0 Å². The summed E-state index contributed by atoms with van der Waals surface area (Å²) in [5.41, 5.74) is 0.668. The van der Waals surface area contributed by atoms with E-state index in [1.807, 2.05) is 6.07 Å². The number of ether oxygens (including phenoxy) is 2.